The quantitative estimate of drug-likeness (QED) is 0.389. The molecule has 0 saturated heterocycles. The van der Waals surface area contributed by atoms with Crippen LogP contribution < -0.4 is 0 Å². The Hall–Kier alpha value is -1.47. The third-order valence-corrected chi connectivity index (χ3v) is 2.74. The van der Waals surface area contributed by atoms with E-state index < -0.39 is 29.7 Å². The molecule has 7 nitrogen and oxygen atoms in total. The fraction of sp³-hybridized carbons (Fsp3) is 0.769. The van der Waals surface area contributed by atoms with Crippen molar-refractivity contribution in [1.29, 1.82) is 0 Å². The second-order valence-corrected chi connectivity index (χ2v) is 6.07. The number of quaternary nitrogens is 1. The van der Waals surface area contributed by atoms with E-state index in [1.54, 1.807) is 21.1 Å². The Labute approximate surface area is 118 Å². The molecule has 0 spiro atoms. The molecule has 0 aliphatic rings. The summed E-state index contributed by atoms with van der Waals surface area (Å²) < 4.78 is 0.255. The van der Waals surface area contributed by atoms with Gasteiger partial charge in [0.15, 0.2) is 11.4 Å². The van der Waals surface area contributed by atoms with Crippen LogP contribution in [0.2, 0.25) is 0 Å². The number of hydrogen-bond donors (Lipinski definition) is 3. The summed E-state index contributed by atoms with van der Waals surface area (Å²) in [7, 11) is 5.26. The minimum atomic E-state index is -1.91. The fourth-order valence-electron chi connectivity index (χ4n) is 2.07. The van der Waals surface area contributed by atoms with Gasteiger partial charge in [-0.15, -0.1) is 0 Å². The van der Waals surface area contributed by atoms with E-state index in [4.69, 9.17) is 10.2 Å². The summed E-state index contributed by atoms with van der Waals surface area (Å²) in [6, 6.07) is 0. The standard InChI is InChI=1S/C13H23NO6/c1-14(2,3)9-13(20,8-12(18)19)10(15)6-4-5-7-11(16)17/h20H,4-9H2,1-3H3,(H-,16,17,18,19)/p+1. The lowest BCUT2D eigenvalue weighted by Gasteiger charge is -2.33. The summed E-state index contributed by atoms with van der Waals surface area (Å²) in [5, 5.41) is 27.7. The Morgan fingerprint density at radius 3 is 1.85 bits per heavy atom. The molecular formula is C13H24NO6+. The summed E-state index contributed by atoms with van der Waals surface area (Å²) in [6.07, 6.45) is -0.0455. The van der Waals surface area contributed by atoms with Gasteiger partial charge in [0.2, 0.25) is 0 Å². The van der Waals surface area contributed by atoms with Gasteiger partial charge < -0.3 is 19.8 Å². The van der Waals surface area contributed by atoms with Gasteiger partial charge in [-0.3, -0.25) is 14.4 Å². The predicted molar refractivity (Wildman–Crippen MR) is 71.2 cm³/mol. The number of rotatable bonds is 10. The highest BCUT2D eigenvalue weighted by Crippen LogP contribution is 2.19. The van der Waals surface area contributed by atoms with E-state index in [2.05, 4.69) is 0 Å². The van der Waals surface area contributed by atoms with Crippen molar-refractivity contribution in [3.05, 3.63) is 0 Å². The third-order valence-electron chi connectivity index (χ3n) is 2.74. The number of carbonyl (C=O) groups is 3. The maximum Gasteiger partial charge on any atom is 0.306 e. The lowest BCUT2D eigenvalue weighted by Crippen LogP contribution is -2.54. The fourth-order valence-corrected chi connectivity index (χ4v) is 2.07. The minimum absolute atomic E-state index is 0.00291. The third kappa shape index (κ3) is 7.85. The molecule has 20 heavy (non-hydrogen) atoms. The monoisotopic (exact) mass is 290 g/mol. The summed E-state index contributed by atoms with van der Waals surface area (Å²) in [5.74, 6) is -2.72. The summed E-state index contributed by atoms with van der Waals surface area (Å²) in [6.45, 7) is -0.00291. The Bertz CT molecular complexity index is 374. The zero-order valence-corrected chi connectivity index (χ0v) is 12.3. The molecule has 0 aromatic heterocycles. The average molecular weight is 290 g/mol. The highest BCUT2D eigenvalue weighted by atomic mass is 16.4. The van der Waals surface area contributed by atoms with Gasteiger partial charge in [-0.25, -0.2) is 0 Å². The van der Waals surface area contributed by atoms with Gasteiger partial charge in [-0.1, -0.05) is 0 Å². The van der Waals surface area contributed by atoms with Crippen LogP contribution in [0.5, 0.6) is 0 Å². The number of unbranched alkanes of at least 4 members (excludes halogenated alkanes) is 1. The highest BCUT2D eigenvalue weighted by molar-refractivity contribution is 5.91. The molecular weight excluding hydrogens is 266 g/mol. The van der Waals surface area contributed by atoms with Crippen LogP contribution in [0.4, 0.5) is 0 Å². The first kappa shape index (κ1) is 18.5. The van der Waals surface area contributed by atoms with Crippen LogP contribution in [0.25, 0.3) is 0 Å². The maximum absolute atomic E-state index is 12.1. The predicted octanol–water partition coefficient (Wildman–Crippen LogP) is 0.112. The van der Waals surface area contributed by atoms with Crippen LogP contribution in [0.1, 0.15) is 32.1 Å². The van der Waals surface area contributed by atoms with E-state index in [1.165, 1.54) is 0 Å². The van der Waals surface area contributed by atoms with Gasteiger partial charge in [0.25, 0.3) is 0 Å². The number of hydrogen-bond acceptors (Lipinski definition) is 4. The van der Waals surface area contributed by atoms with Crippen molar-refractivity contribution < 1.29 is 34.2 Å². The topological polar surface area (TPSA) is 112 Å². The zero-order valence-electron chi connectivity index (χ0n) is 12.3. The van der Waals surface area contributed by atoms with E-state index >= 15 is 0 Å². The number of carbonyl (C=O) groups excluding carboxylic acids is 1. The summed E-state index contributed by atoms with van der Waals surface area (Å²) in [5.41, 5.74) is -1.91. The molecule has 1 unspecified atom stereocenters. The number of Topliss-reactive ketones (excluding diaryl/α,β-unsaturated/α-hetero) is 1. The first-order valence-electron chi connectivity index (χ1n) is 6.46. The van der Waals surface area contributed by atoms with Crippen molar-refractivity contribution in [3.63, 3.8) is 0 Å². The molecule has 0 aliphatic carbocycles. The van der Waals surface area contributed by atoms with Crippen LogP contribution in [0.3, 0.4) is 0 Å². The smallest absolute Gasteiger partial charge is 0.306 e. The van der Waals surface area contributed by atoms with Gasteiger partial charge in [-0.2, -0.15) is 0 Å². The molecule has 1 atom stereocenters. The maximum atomic E-state index is 12.1. The summed E-state index contributed by atoms with van der Waals surface area (Å²) >= 11 is 0. The molecule has 0 bridgehead atoms. The minimum Gasteiger partial charge on any atom is -0.481 e. The van der Waals surface area contributed by atoms with E-state index in [-0.39, 0.29) is 23.9 Å². The van der Waals surface area contributed by atoms with Gasteiger partial charge in [0.05, 0.1) is 27.6 Å². The number of ketones is 1. The molecule has 0 aliphatic heterocycles. The molecule has 0 aromatic carbocycles. The Kier molecular flexibility index (Phi) is 6.81. The van der Waals surface area contributed by atoms with Crippen molar-refractivity contribution in [2.24, 2.45) is 0 Å². The van der Waals surface area contributed by atoms with Crippen molar-refractivity contribution in [1.82, 2.24) is 0 Å². The van der Waals surface area contributed by atoms with Crippen LogP contribution in [0, 0.1) is 0 Å². The van der Waals surface area contributed by atoms with E-state index in [1.807, 2.05) is 0 Å². The van der Waals surface area contributed by atoms with Gasteiger partial charge in [-0.05, 0) is 12.8 Å². The first-order valence-corrected chi connectivity index (χ1v) is 6.46. The van der Waals surface area contributed by atoms with Crippen LogP contribution in [0.15, 0.2) is 0 Å². The number of aliphatic hydroxyl groups is 1. The summed E-state index contributed by atoms with van der Waals surface area (Å²) in [4.78, 5) is 33.2. The van der Waals surface area contributed by atoms with Crippen molar-refractivity contribution in [3.8, 4) is 0 Å². The first-order chi connectivity index (χ1) is 8.96. The molecule has 116 valence electrons. The van der Waals surface area contributed by atoms with Gasteiger partial charge >= 0.3 is 11.9 Å². The molecule has 0 saturated carbocycles. The SMILES string of the molecule is C[N+](C)(C)CC(O)(CC(=O)O)C(=O)CCCCC(=O)O. The highest BCUT2D eigenvalue weighted by Gasteiger charge is 2.42. The van der Waals surface area contributed by atoms with E-state index in [0.717, 1.165) is 0 Å². The van der Waals surface area contributed by atoms with Crippen molar-refractivity contribution in [2.45, 2.75) is 37.7 Å². The molecule has 0 heterocycles. The van der Waals surface area contributed by atoms with Crippen molar-refractivity contribution in [2.75, 3.05) is 27.7 Å². The number of nitrogens with zero attached hydrogens (tertiary/aromatic N) is 1. The Morgan fingerprint density at radius 2 is 1.45 bits per heavy atom. The zero-order chi connectivity index (χ0) is 16.0. The number of carboxylic acids is 2. The molecule has 3 N–H and O–H groups in total. The Morgan fingerprint density at radius 1 is 0.950 bits per heavy atom. The van der Waals surface area contributed by atoms with Crippen LogP contribution in [-0.4, -0.2) is 70.8 Å². The van der Waals surface area contributed by atoms with Gasteiger partial charge in [0, 0.05) is 12.8 Å². The molecule has 0 fully saturated rings. The largest absolute Gasteiger partial charge is 0.481 e. The normalized spacial score (nSPS) is 14.6. The molecule has 7 heteroatoms. The second kappa shape index (κ2) is 7.35. The van der Waals surface area contributed by atoms with E-state index in [9.17, 15) is 19.5 Å². The molecule has 0 rings (SSSR count). The second-order valence-electron chi connectivity index (χ2n) is 6.07. The average Bonchev–Trinajstić information content (AvgIpc) is 2.19. The molecule has 0 radical (unpaired) electrons. The van der Waals surface area contributed by atoms with Crippen molar-refractivity contribution >= 4 is 17.7 Å². The van der Waals surface area contributed by atoms with Crippen LogP contribution in [-0.2, 0) is 14.4 Å². The lowest BCUT2D eigenvalue weighted by molar-refractivity contribution is -0.875. The van der Waals surface area contributed by atoms with E-state index in [0.29, 0.717) is 12.8 Å². The Balaban J connectivity index is 4.64. The van der Waals surface area contributed by atoms with Crippen LogP contribution >= 0.6 is 0 Å². The number of carboxylic acid groups (broad SMARTS) is 2. The molecule has 0 amide bonds. The lowest BCUT2D eigenvalue weighted by atomic mass is 9.89. The number of aliphatic carboxylic acids is 2. The van der Waals surface area contributed by atoms with Gasteiger partial charge in [0.1, 0.15) is 6.54 Å². The molecule has 0 aromatic rings. The number of likely N-dealkylation sites (N-methyl/N-ethyl adjacent to an activating group) is 1.